The highest BCUT2D eigenvalue weighted by Gasteiger charge is 2.29. The van der Waals surface area contributed by atoms with Gasteiger partial charge in [-0.1, -0.05) is 54.4 Å². The number of nitrogens with zero attached hydrogens (tertiary/aromatic N) is 2. The molecule has 0 saturated carbocycles. The Bertz CT molecular complexity index is 333. The molecule has 4 N–H and O–H groups in total. The Balaban J connectivity index is 0. The number of aliphatic hydroxyl groups is 4. The highest BCUT2D eigenvalue weighted by Crippen LogP contribution is 2.23. The van der Waals surface area contributed by atoms with Crippen LogP contribution in [-0.4, -0.2) is 95.9 Å². The van der Waals surface area contributed by atoms with E-state index in [0.29, 0.717) is 0 Å². The molecule has 0 aromatic rings. The van der Waals surface area contributed by atoms with Crippen molar-refractivity contribution in [2.45, 2.75) is 80.1 Å². The Kier molecular flexibility index (Phi) is 20.7. The van der Waals surface area contributed by atoms with Crippen LogP contribution in [0.5, 0.6) is 0 Å². The summed E-state index contributed by atoms with van der Waals surface area (Å²) in [5, 5.41) is 37.4. The first-order valence-electron chi connectivity index (χ1n) is 12.2. The molecule has 0 aliphatic rings. The minimum absolute atomic E-state index is 0.0660. The van der Waals surface area contributed by atoms with Crippen molar-refractivity contribution in [3.63, 3.8) is 0 Å². The van der Waals surface area contributed by atoms with Crippen LogP contribution in [0, 0.1) is 10.8 Å². The summed E-state index contributed by atoms with van der Waals surface area (Å²) in [5.41, 5.74) is -0.631. The summed E-state index contributed by atoms with van der Waals surface area (Å²) >= 11 is 0. The molecule has 0 aromatic carbocycles. The van der Waals surface area contributed by atoms with E-state index in [4.69, 9.17) is 0 Å². The largest absolute Gasteiger partial charge is 0.396 e. The van der Waals surface area contributed by atoms with Gasteiger partial charge in [-0.15, -0.1) is 0 Å². The quantitative estimate of drug-likeness (QED) is 0.265. The van der Waals surface area contributed by atoms with Crippen molar-refractivity contribution in [1.82, 2.24) is 9.80 Å². The minimum Gasteiger partial charge on any atom is -0.396 e. The summed E-state index contributed by atoms with van der Waals surface area (Å²) < 4.78 is 0. The highest BCUT2D eigenvalue weighted by atomic mass is 16.3. The monoisotopic (exact) mass is 434 g/mol. The molecule has 0 aliphatic carbocycles. The van der Waals surface area contributed by atoms with Crippen molar-refractivity contribution < 1.29 is 20.4 Å². The van der Waals surface area contributed by atoms with E-state index in [2.05, 4.69) is 37.5 Å². The van der Waals surface area contributed by atoms with Crippen LogP contribution >= 0.6 is 0 Å². The Labute approximate surface area is 187 Å². The van der Waals surface area contributed by atoms with Gasteiger partial charge in [-0.3, -0.25) is 0 Å². The zero-order valence-corrected chi connectivity index (χ0v) is 21.0. The van der Waals surface area contributed by atoms with E-state index in [-0.39, 0.29) is 37.3 Å². The lowest BCUT2D eigenvalue weighted by atomic mass is 9.86. The van der Waals surface area contributed by atoms with Crippen molar-refractivity contribution in [3.05, 3.63) is 0 Å². The summed E-state index contributed by atoms with van der Waals surface area (Å²) in [6.45, 7) is 18.6. The minimum atomic E-state index is -0.318. The molecule has 0 radical (unpaired) electrons. The SMILES string of the molecule is CCCCN(CCCC)CC(CC)(CO)CO.CCN(CC)CC(CC)(CO)CO. The lowest BCUT2D eigenvalue weighted by Crippen LogP contribution is -2.43. The van der Waals surface area contributed by atoms with E-state index < -0.39 is 0 Å². The third-order valence-electron chi connectivity index (χ3n) is 6.51. The van der Waals surface area contributed by atoms with Crippen LogP contribution in [0.25, 0.3) is 0 Å². The maximum atomic E-state index is 9.49. The number of unbranched alkanes of at least 4 members (excludes halogenated alkanes) is 2. The van der Waals surface area contributed by atoms with Crippen molar-refractivity contribution in [3.8, 4) is 0 Å². The fraction of sp³-hybridized carbons (Fsp3) is 1.00. The molecule has 0 aromatic heterocycles. The Morgan fingerprint density at radius 1 is 0.533 bits per heavy atom. The zero-order chi connectivity index (χ0) is 23.5. The first kappa shape index (κ1) is 31.9. The van der Waals surface area contributed by atoms with Gasteiger partial charge < -0.3 is 30.2 Å². The number of hydrogen-bond donors (Lipinski definition) is 4. The molecule has 6 nitrogen and oxygen atoms in total. The molecule has 30 heavy (non-hydrogen) atoms. The van der Waals surface area contributed by atoms with Crippen molar-refractivity contribution in [2.24, 2.45) is 10.8 Å². The first-order chi connectivity index (χ1) is 14.3. The maximum absolute atomic E-state index is 9.49. The predicted octanol–water partition coefficient (Wildman–Crippen LogP) is 2.98. The summed E-state index contributed by atoms with van der Waals surface area (Å²) in [6.07, 6.45) is 6.42. The van der Waals surface area contributed by atoms with Gasteiger partial charge in [-0.2, -0.15) is 0 Å². The van der Waals surface area contributed by atoms with E-state index in [1.54, 1.807) is 0 Å². The van der Waals surface area contributed by atoms with Gasteiger partial charge >= 0.3 is 0 Å². The van der Waals surface area contributed by atoms with Crippen molar-refractivity contribution >= 4 is 0 Å². The number of aliphatic hydroxyl groups excluding tert-OH is 4. The van der Waals surface area contributed by atoms with Gasteiger partial charge in [0.1, 0.15) is 0 Å². The maximum Gasteiger partial charge on any atom is 0.0521 e. The van der Waals surface area contributed by atoms with Gasteiger partial charge in [0.05, 0.1) is 26.4 Å². The summed E-state index contributed by atoms with van der Waals surface area (Å²) in [7, 11) is 0. The molecular weight excluding hydrogens is 380 g/mol. The smallest absolute Gasteiger partial charge is 0.0521 e. The molecular formula is C24H54N2O4. The average Bonchev–Trinajstić information content (AvgIpc) is 2.81. The molecule has 6 heteroatoms. The molecule has 0 rings (SSSR count). The van der Waals surface area contributed by atoms with Crippen LogP contribution < -0.4 is 0 Å². The average molecular weight is 435 g/mol. The molecule has 0 saturated heterocycles. The van der Waals surface area contributed by atoms with Gasteiger partial charge in [0.2, 0.25) is 0 Å². The molecule has 0 aliphatic heterocycles. The van der Waals surface area contributed by atoms with Gasteiger partial charge in [0, 0.05) is 23.9 Å². The Morgan fingerprint density at radius 3 is 1.10 bits per heavy atom. The lowest BCUT2D eigenvalue weighted by molar-refractivity contribution is 0.0174. The van der Waals surface area contributed by atoms with Gasteiger partial charge in [0.15, 0.2) is 0 Å². The van der Waals surface area contributed by atoms with E-state index >= 15 is 0 Å². The molecule has 0 heterocycles. The highest BCUT2D eigenvalue weighted by molar-refractivity contribution is 4.81. The second-order valence-corrected chi connectivity index (χ2v) is 8.78. The van der Waals surface area contributed by atoms with Crippen LogP contribution in [-0.2, 0) is 0 Å². The van der Waals surface area contributed by atoms with Gasteiger partial charge in [-0.25, -0.2) is 0 Å². The third-order valence-corrected chi connectivity index (χ3v) is 6.51. The van der Waals surface area contributed by atoms with Crippen LogP contribution in [0.2, 0.25) is 0 Å². The molecule has 0 amide bonds. The van der Waals surface area contributed by atoms with Gasteiger partial charge in [0.25, 0.3) is 0 Å². The van der Waals surface area contributed by atoms with E-state index in [1.165, 1.54) is 25.7 Å². The lowest BCUT2D eigenvalue weighted by Gasteiger charge is -2.35. The summed E-state index contributed by atoms with van der Waals surface area (Å²) in [6, 6.07) is 0. The molecule has 0 atom stereocenters. The summed E-state index contributed by atoms with van der Waals surface area (Å²) in [5.74, 6) is 0. The number of hydrogen-bond acceptors (Lipinski definition) is 6. The number of rotatable bonds is 18. The van der Waals surface area contributed by atoms with Crippen LogP contribution in [0.1, 0.15) is 80.1 Å². The van der Waals surface area contributed by atoms with Crippen molar-refractivity contribution in [2.75, 3.05) is 65.7 Å². The second-order valence-electron chi connectivity index (χ2n) is 8.78. The van der Waals surface area contributed by atoms with Crippen molar-refractivity contribution in [1.29, 1.82) is 0 Å². The molecule has 0 bridgehead atoms. The first-order valence-corrected chi connectivity index (χ1v) is 12.2. The standard InChI is InChI=1S/C14H31NO2.C10H23NO2/c1-4-7-9-15(10-8-5-2)11-14(6-3,12-16)13-17;1-4-10(8-12,9-13)7-11(5-2)6-3/h16-17H,4-13H2,1-3H3;12-13H,4-9H2,1-3H3. The third kappa shape index (κ3) is 12.6. The van der Waals surface area contributed by atoms with Crippen LogP contribution in [0.15, 0.2) is 0 Å². The van der Waals surface area contributed by atoms with Gasteiger partial charge in [-0.05, 0) is 51.9 Å². The van der Waals surface area contributed by atoms with E-state index in [9.17, 15) is 20.4 Å². The van der Waals surface area contributed by atoms with Crippen LogP contribution in [0.4, 0.5) is 0 Å². The fourth-order valence-electron chi connectivity index (χ4n) is 3.40. The zero-order valence-electron chi connectivity index (χ0n) is 21.0. The van der Waals surface area contributed by atoms with E-state index in [0.717, 1.165) is 52.1 Å². The normalized spacial score (nSPS) is 12.4. The summed E-state index contributed by atoms with van der Waals surface area (Å²) in [4.78, 5) is 4.64. The topological polar surface area (TPSA) is 87.4 Å². The van der Waals surface area contributed by atoms with Crippen LogP contribution in [0.3, 0.4) is 0 Å². The Hall–Kier alpha value is -0.240. The molecule has 0 spiro atoms. The fourth-order valence-corrected chi connectivity index (χ4v) is 3.40. The molecule has 0 fully saturated rings. The molecule has 0 unspecified atom stereocenters. The van der Waals surface area contributed by atoms with E-state index in [1.807, 2.05) is 13.8 Å². The Morgan fingerprint density at radius 2 is 0.867 bits per heavy atom. The molecule has 184 valence electrons. The predicted molar refractivity (Wildman–Crippen MR) is 128 cm³/mol. The second kappa shape index (κ2) is 19.4.